The van der Waals surface area contributed by atoms with Gasteiger partial charge in [0.1, 0.15) is 11.5 Å². The molecule has 1 fully saturated rings. The zero-order chi connectivity index (χ0) is 18.0. The number of carbonyl (C=O) groups excluding carboxylic acids is 1. The Bertz CT molecular complexity index is 743. The highest BCUT2D eigenvalue weighted by molar-refractivity contribution is 5.89. The van der Waals surface area contributed by atoms with E-state index in [4.69, 9.17) is 9.52 Å². The molecule has 0 atom stereocenters. The van der Waals surface area contributed by atoms with E-state index in [9.17, 15) is 9.59 Å². The molecule has 1 saturated heterocycles. The van der Waals surface area contributed by atoms with Crippen LogP contribution in [0, 0.1) is 5.92 Å². The second kappa shape index (κ2) is 7.00. The fourth-order valence-corrected chi connectivity index (χ4v) is 2.94. The lowest BCUT2D eigenvalue weighted by Crippen LogP contribution is -2.42. The molecule has 0 bridgehead atoms. The number of hydrogen-bond donors (Lipinski definition) is 2. The van der Waals surface area contributed by atoms with Crippen molar-refractivity contribution < 1.29 is 19.1 Å². The van der Waals surface area contributed by atoms with Crippen LogP contribution in [0.1, 0.15) is 32.7 Å². The lowest BCUT2D eigenvalue weighted by Gasteiger charge is -2.30. The lowest BCUT2D eigenvalue weighted by atomic mass is 9.97. The zero-order valence-electron chi connectivity index (χ0n) is 14.3. The monoisotopic (exact) mass is 346 g/mol. The number of piperidine rings is 1. The third-order valence-electron chi connectivity index (χ3n) is 4.36. The Morgan fingerprint density at radius 2 is 2.08 bits per heavy atom. The van der Waals surface area contributed by atoms with E-state index >= 15 is 0 Å². The van der Waals surface area contributed by atoms with Crippen LogP contribution in [-0.2, 0) is 4.79 Å². The molecule has 3 heterocycles. The van der Waals surface area contributed by atoms with E-state index in [1.807, 2.05) is 19.9 Å². The molecule has 1 aliphatic heterocycles. The molecule has 2 amide bonds. The summed E-state index contributed by atoms with van der Waals surface area (Å²) in [6.07, 6.45) is 2.53. The molecular weight excluding hydrogens is 324 g/mol. The van der Waals surface area contributed by atoms with Crippen molar-refractivity contribution in [2.75, 3.05) is 18.4 Å². The number of furan rings is 1. The summed E-state index contributed by atoms with van der Waals surface area (Å²) in [5.74, 6) is 0.0701. The first-order valence-corrected chi connectivity index (χ1v) is 8.38. The number of amides is 2. The van der Waals surface area contributed by atoms with Crippen LogP contribution in [0.4, 0.5) is 10.6 Å². The average molecular weight is 346 g/mol. The van der Waals surface area contributed by atoms with Gasteiger partial charge in [-0.3, -0.25) is 10.1 Å². The summed E-state index contributed by atoms with van der Waals surface area (Å²) in [4.78, 5) is 25.2. The molecular formula is C17H22N4O4. The molecule has 8 nitrogen and oxygen atoms in total. The van der Waals surface area contributed by atoms with Gasteiger partial charge in [-0.25, -0.2) is 9.48 Å². The molecule has 0 spiro atoms. The fourth-order valence-electron chi connectivity index (χ4n) is 2.94. The van der Waals surface area contributed by atoms with Crippen LogP contribution in [0.15, 0.2) is 28.9 Å². The van der Waals surface area contributed by atoms with Crippen molar-refractivity contribution in [3.05, 3.63) is 24.5 Å². The summed E-state index contributed by atoms with van der Waals surface area (Å²) < 4.78 is 7.10. The molecule has 25 heavy (non-hydrogen) atoms. The molecule has 0 unspecified atom stereocenters. The van der Waals surface area contributed by atoms with Crippen molar-refractivity contribution >= 4 is 17.8 Å². The normalized spacial score (nSPS) is 15.6. The number of carboxylic acids is 1. The summed E-state index contributed by atoms with van der Waals surface area (Å²) in [5.41, 5.74) is 0.651. The number of nitrogens with zero attached hydrogens (tertiary/aromatic N) is 3. The summed E-state index contributed by atoms with van der Waals surface area (Å²) in [6, 6.07) is 5.21. The average Bonchev–Trinajstić information content (AvgIpc) is 3.24. The minimum Gasteiger partial charge on any atom is -0.481 e. The summed E-state index contributed by atoms with van der Waals surface area (Å²) >= 11 is 0. The van der Waals surface area contributed by atoms with Gasteiger partial charge in [0.15, 0.2) is 5.76 Å². The van der Waals surface area contributed by atoms with E-state index in [1.54, 1.807) is 28.0 Å². The number of carbonyl (C=O) groups is 2. The van der Waals surface area contributed by atoms with E-state index in [0.717, 1.165) is 0 Å². The minimum atomic E-state index is -0.791. The molecule has 1 aliphatic rings. The molecule has 2 N–H and O–H groups in total. The van der Waals surface area contributed by atoms with Crippen LogP contribution >= 0.6 is 0 Å². The van der Waals surface area contributed by atoms with E-state index in [0.29, 0.717) is 43.2 Å². The molecule has 0 saturated carbocycles. The van der Waals surface area contributed by atoms with Gasteiger partial charge in [-0.1, -0.05) is 0 Å². The predicted octanol–water partition coefficient (Wildman–Crippen LogP) is 3.05. The molecule has 8 heteroatoms. The van der Waals surface area contributed by atoms with Crippen molar-refractivity contribution in [3.8, 4) is 11.5 Å². The van der Waals surface area contributed by atoms with Crippen LogP contribution in [0.3, 0.4) is 0 Å². The molecule has 0 aliphatic carbocycles. The molecule has 134 valence electrons. The molecule has 3 rings (SSSR count). The van der Waals surface area contributed by atoms with E-state index in [2.05, 4.69) is 10.4 Å². The van der Waals surface area contributed by atoms with Gasteiger partial charge in [-0.15, -0.1) is 0 Å². The van der Waals surface area contributed by atoms with Crippen LogP contribution < -0.4 is 5.32 Å². The Hall–Kier alpha value is -2.77. The second-order valence-corrected chi connectivity index (χ2v) is 6.46. The van der Waals surface area contributed by atoms with Gasteiger partial charge in [0.25, 0.3) is 0 Å². The van der Waals surface area contributed by atoms with Crippen LogP contribution in [0.25, 0.3) is 11.5 Å². The van der Waals surface area contributed by atoms with Crippen molar-refractivity contribution in [1.82, 2.24) is 14.7 Å². The largest absolute Gasteiger partial charge is 0.481 e. The molecule has 0 radical (unpaired) electrons. The smallest absolute Gasteiger partial charge is 0.323 e. The molecule has 2 aromatic rings. The van der Waals surface area contributed by atoms with Crippen LogP contribution in [0.2, 0.25) is 0 Å². The summed E-state index contributed by atoms with van der Waals surface area (Å²) in [5, 5.41) is 16.4. The highest BCUT2D eigenvalue weighted by atomic mass is 16.4. The number of rotatable bonds is 4. The van der Waals surface area contributed by atoms with Crippen molar-refractivity contribution in [2.24, 2.45) is 5.92 Å². The van der Waals surface area contributed by atoms with Crippen molar-refractivity contribution in [2.45, 2.75) is 32.7 Å². The Kier molecular flexibility index (Phi) is 4.78. The van der Waals surface area contributed by atoms with Gasteiger partial charge in [0.2, 0.25) is 0 Å². The van der Waals surface area contributed by atoms with Gasteiger partial charge >= 0.3 is 12.0 Å². The first kappa shape index (κ1) is 17.1. The third kappa shape index (κ3) is 3.67. The van der Waals surface area contributed by atoms with Crippen LogP contribution in [-0.4, -0.2) is 44.9 Å². The second-order valence-electron chi connectivity index (χ2n) is 6.46. The SMILES string of the molecule is CC(C)n1nc(-c2ccco2)cc1NC(=O)N1CCC(C(=O)O)CC1. The maximum absolute atomic E-state index is 12.5. The van der Waals surface area contributed by atoms with Gasteiger partial charge < -0.3 is 14.4 Å². The number of likely N-dealkylation sites (tertiary alicyclic amines) is 1. The highest BCUT2D eigenvalue weighted by Crippen LogP contribution is 2.25. The number of aromatic nitrogens is 2. The third-order valence-corrected chi connectivity index (χ3v) is 4.36. The number of carboxylic acid groups (broad SMARTS) is 1. The summed E-state index contributed by atoms with van der Waals surface area (Å²) in [6.45, 7) is 4.83. The van der Waals surface area contributed by atoms with E-state index in [1.165, 1.54) is 0 Å². The Morgan fingerprint density at radius 1 is 1.36 bits per heavy atom. The van der Waals surface area contributed by atoms with Crippen molar-refractivity contribution in [1.29, 1.82) is 0 Å². The van der Waals surface area contributed by atoms with E-state index < -0.39 is 5.97 Å². The standard InChI is InChI=1S/C17H22N4O4/c1-11(2)21-15(10-13(19-21)14-4-3-9-25-14)18-17(24)20-7-5-12(6-8-20)16(22)23/h3-4,9-12H,5-8H2,1-2H3,(H,18,24)(H,22,23). The number of hydrogen-bond acceptors (Lipinski definition) is 4. The van der Waals surface area contributed by atoms with Gasteiger partial charge in [-0.05, 0) is 38.8 Å². The van der Waals surface area contributed by atoms with Crippen LogP contribution in [0.5, 0.6) is 0 Å². The number of urea groups is 1. The quantitative estimate of drug-likeness (QED) is 0.886. The van der Waals surface area contributed by atoms with E-state index in [-0.39, 0.29) is 18.0 Å². The maximum Gasteiger partial charge on any atom is 0.323 e. The predicted molar refractivity (Wildman–Crippen MR) is 91.3 cm³/mol. The maximum atomic E-state index is 12.5. The highest BCUT2D eigenvalue weighted by Gasteiger charge is 2.27. The Balaban J connectivity index is 1.72. The van der Waals surface area contributed by atoms with Gasteiger partial charge in [0, 0.05) is 25.2 Å². The number of anilines is 1. The molecule has 0 aromatic carbocycles. The van der Waals surface area contributed by atoms with Gasteiger partial charge in [0.05, 0.1) is 12.2 Å². The fraction of sp³-hybridized carbons (Fsp3) is 0.471. The minimum absolute atomic E-state index is 0.0664. The van der Waals surface area contributed by atoms with Gasteiger partial charge in [-0.2, -0.15) is 5.10 Å². The lowest BCUT2D eigenvalue weighted by molar-refractivity contribution is -0.143. The number of aliphatic carboxylic acids is 1. The summed E-state index contributed by atoms with van der Waals surface area (Å²) in [7, 11) is 0. The topological polar surface area (TPSA) is 101 Å². The molecule has 2 aromatic heterocycles. The first-order valence-electron chi connectivity index (χ1n) is 8.38. The Labute approximate surface area is 145 Å². The van der Waals surface area contributed by atoms with Crippen molar-refractivity contribution in [3.63, 3.8) is 0 Å². The zero-order valence-corrected chi connectivity index (χ0v) is 14.3. The Morgan fingerprint density at radius 3 is 2.64 bits per heavy atom. The number of nitrogens with one attached hydrogen (secondary N) is 1. The first-order chi connectivity index (χ1) is 12.0.